The fourth-order valence-electron chi connectivity index (χ4n) is 4.43. The van der Waals surface area contributed by atoms with Gasteiger partial charge in [-0.3, -0.25) is 9.79 Å². The highest BCUT2D eigenvalue weighted by Crippen LogP contribution is 2.27. The van der Waals surface area contributed by atoms with Gasteiger partial charge in [0.1, 0.15) is 0 Å². The molecule has 7 heteroatoms. The minimum Gasteiger partial charge on any atom is -0.356 e. The van der Waals surface area contributed by atoms with Crippen molar-refractivity contribution in [2.75, 3.05) is 40.3 Å². The topological polar surface area (TPSA) is 60.0 Å². The molecule has 2 N–H and O–H groups in total. The Kier molecular flexibility index (Phi) is 10.9. The first kappa shape index (κ1) is 24.9. The van der Waals surface area contributed by atoms with E-state index in [1.807, 2.05) is 7.05 Å². The first-order chi connectivity index (χ1) is 14.2. The molecule has 6 nitrogen and oxygen atoms in total. The SMILES string of the molecule is CN=C(NCCCN(C)Cc1ccccc1)NC1CCN(C(=O)C2CCCC2)C1.I. The van der Waals surface area contributed by atoms with Crippen LogP contribution in [0.25, 0.3) is 0 Å². The molecule has 2 fully saturated rings. The lowest BCUT2D eigenvalue weighted by molar-refractivity contribution is -0.134. The van der Waals surface area contributed by atoms with E-state index in [0.29, 0.717) is 11.9 Å². The number of hydrogen-bond donors (Lipinski definition) is 2. The zero-order valence-corrected chi connectivity index (χ0v) is 20.8. The van der Waals surface area contributed by atoms with Crippen LogP contribution in [0, 0.1) is 5.92 Å². The van der Waals surface area contributed by atoms with E-state index in [-0.39, 0.29) is 29.9 Å². The van der Waals surface area contributed by atoms with Gasteiger partial charge >= 0.3 is 0 Å². The molecule has 0 bridgehead atoms. The number of halogens is 1. The van der Waals surface area contributed by atoms with E-state index in [1.54, 1.807) is 0 Å². The van der Waals surface area contributed by atoms with Crippen LogP contribution in [0.1, 0.15) is 44.1 Å². The molecule has 1 aliphatic heterocycles. The summed E-state index contributed by atoms with van der Waals surface area (Å²) in [6.07, 6.45) is 6.64. The highest BCUT2D eigenvalue weighted by molar-refractivity contribution is 14.0. The van der Waals surface area contributed by atoms with Gasteiger partial charge in [-0.15, -0.1) is 24.0 Å². The normalized spacial score (nSPS) is 19.8. The standard InChI is InChI=1S/C23H37N5O.HI/c1-24-23(25-14-8-15-27(2)17-19-9-4-3-5-10-19)26-21-13-16-28(18-21)22(29)20-11-6-7-12-20;/h3-5,9-10,20-21H,6-8,11-18H2,1-2H3,(H2,24,25,26);1H. The van der Waals surface area contributed by atoms with Gasteiger partial charge < -0.3 is 20.4 Å². The monoisotopic (exact) mass is 527 g/mol. The molecule has 1 amide bonds. The van der Waals surface area contributed by atoms with E-state index in [2.05, 4.69) is 62.8 Å². The molecule has 1 heterocycles. The highest BCUT2D eigenvalue weighted by atomic mass is 127. The third-order valence-electron chi connectivity index (χ3n) is 6.07. The molecule has 0 radical (unpaired) electrons. The van der Waals surface area contributed by atoms with Gasteiger partial charge in [0.15, 0.2) is 5.96 Å². The van der Waals surface area contributed by atoms with E-state index in [4.69, 9.17) is 0 Å². The maximum Gasteiger partial charge on any atom is 0.225 e. The van der Waals surface area contributed by atoms with Crippen molar-refractivity contribution in [2.24, 2.45) is 10.9 Å². The van der Waals surface area contributed by atoms with E-state index < -0.39 is 0 Å². The summed E-state index contributed by atoms with van der Waals surface area (Å²) >= 11 is 0. The van der Waals surface area contributed by atoms with Gasteiger partial charge in [0.25, 0.3) is 0 Å². The summed E-state index contributed by atoms with van der Waals surface area (Å²) in [4.78, 5) is 21.4. The molecule has 168 valence electrons. The maximum atomic E-state index is 12.6. The van der Waals surface area contributed by atoms with Crippen LogP contribution in [-0.4, -0.2) is 68.0 Å². The Bertz CT molecular complexity index is 663. The predicted molar refractivity (Wildman–Crippen MR) is 134 cm³/mol. The molecule has 1 atom stereocenters. The number of hydrogen-bond acceptors (Lipinski definition) is 3. The van der Waals surface area contributed by atoms with Crippen LogP contribution in [-0.2, 0) is 11.3 Å². The number of guanidine groups is 1. The average Bonchev–Trinajstić information content (AvgIpc) is 3.43. The fourth-order valence-corrected chi connectivity index (χ4v) is 4.43. The van der Waals surface area contributed by atoms with Gasteiger partial charge in [-0.05, 0) is 44.8 Å². The Hall–Kier alpha value is -1.35. The number of rotatable bonds is 8. The minimum atomic E-state index is 0. The Morgan fingerprint density at radius 1 is 1.20 bits per heavy atom. The van der Waals surface area contributed by atoms with Crippen molar-refractivity contribution >= 4 is 35.8 Å². The van der Waals surface area contributed by atoms with Crippen molar-refractivity contribution in [1.82, 2.24) is 20.4 Å². The van der Waals surface area contributed by atoms with Gasteiger partial charge in [-0.1, -0.05) is 43.2 Å². The van der Waals surface area contributed by atoms with Crippen molar-refractivity contribution < 1.29 is 4.79 Å². The molecule has 1 saturated heterocycles. The van der Waals surface area contributed by atoms with Crippen LogP contribution >= 0.6 is 24.0 Å². The number of benzene rings is 1. The molecule has 0 spiro atoms. The molecule has 1 aromatic carbocycles. The number of carbonyl (C=O) groups excluding carboxylic acids is 1. The predicted octanol–water partition coefficient (Wildman–Crippen LogP) is 3.08. The number of carbonyl (C=O) groups is 1. The molecular formula is C23H38IN5O. The van der Waals surface area contributed by atoms with Gasteiger partial charge in [-0.2, -0.15) is 0 Å². The Balaban J connectivity index is 0.00000320. The van der Waals surface area contributed by atoms with Crippen molar-refractivity contribution in [3.8, 4) is 0 Å². The molecular weight excluding hydrogens is 489 g/mol. The smallest absolute Gasteiger partial charge is 0.225 e. The van der Waals surface area contributed by atoms with Gasteiger partial charge in [0.2, 0.25) is 5.91 Å². The summed E-state index contributed by atoms with van der Waals surface area (Å²) in [7, 11) is 3.97. The number of likely N-dealkylation sites (tertiary alicyclic amines) is 1. The van der Waals surface area contributed by atoms with Crippen LogP contribution in [0.5, 0.6) is 0 Å². The quantitative estimate of drug-likeness (QED) is 0.236. The third-order valence-corrected chi connectivity index (χ3v) is 6.07. The Morgan fingerprint density at radius 2 is 1.93 bits per heavy atom. The van der Waals surface area contributed by atoms with Crippen molar-refractivity contribution in [3.05, 3.63) is 35.9 Å². The highest BCUT2D eigenvalue weighted by Gasteiger charge is 2.32. The van der Waals surface area contributed by atoms with E-state index in [0.717, 1.165) is 64.4 Å². The molecule has 1 saturated carbocycles. The molecule has 1 aliphatic carbocycles. The molecule has 1 aromatic rings. The van der Waals surface area contributed by atoms with Crippen LogP contribution in [0.3, 0.4) is 0 Å². The summed E-state index contributed by atoms with van der Waals surface area (Å²) < 4.78 is 0. The Morgan fingerprint density at radius 3 is 2.63 bits per heavy atom. The summed E-state index contributed by atoms with van der Waals surface area (Å²) in [6, 6.07) is 10.9. The van der Waals surface area contributed by atoms with Gasteiger partial charge in [-0.25, -0.2) is 0 Å². The maximum absolute atomic E-state index is 12.6. The fraction of sp³-hybridized carbons (Fsp3) is 0.652. The number of aliphatic imine (C=N–C) groups is 1. The van der Waals surface area contributed by atoms with Gasteiger partial charge in [0, 0.05) is 45.2 Å². The molecule has 3 rings (SSSR count). The van der Waals surface area contributed by atoms with Crippen molar-refractivity contribution in [2.45, 2.75) is 51.1 Å². The van der Waals surface area contributed by atoms with E-state index >= 15 is 0 Å². The summed E-state index contributed by atoms with van der Waals surface area (Å²) in [5, 5.41) is 6.92. The first-order valence-electron chi connectivity index (χ1n) is 11.1. The average molecular weight is 527 g/mol. The van der Waals surface area contributed by atoms with Crippen LogP contribution in [0.15, 0.2) is 35.3 Å². The lowest BCUT2D eigenvalue weighted by atomic mass is 10.1. The number of nitrogens with zero attached hydrogens (tertiary/aromatic N) is 3. The second-order valence-corrected chi connectivity index (χ2v) is 8.47. The summed E-state index contributed by atoms with van der Waals surface area (Å²) in [5.74, 6) is 1.49. The van der Waals surface area contributed by atoms with E-state index in [9.17, 15) is 4.79 Å². The van der Waals surface area contributed by atoms with Crippen LogP contribution in [0.2, 0.25) is 0 Å². The second kappa shape index (κ2) is 13.1. The van der Waals surface area contributed by atoms with Crippen molar-refractivity contribution in [1.29, 1.82) is 0 Å². The largest absolute Gasteiger partial charge is 0.356 e. The van der Waals surface area contributed by atoms with Crippen LogP contribution in [0.4, 0.5) is 0 Å². The second-order valence-electron chi connectivity index (χ2n) is 8.47. The minimum absolute atomic E-state index is 0. The number of amides is 1. The summed E-state index contributed by atoms with van der Waals surface area (Å²) in [6.45, 7) is 4.56. The Labute approximate surface area is 198 Å². The molecule has 0 aromatic heterocycles. The zero-order valence-electron chi connectivity index (χ0n) is 18.5. The number of nitrogens with one attached hydrogen (secondary N) is 2. The van der Waals surface area contributed by atoms with Crippen molar-refractivity contribution in [3.63, 3.8) is 0 Å². The van der Waals surface area contributed by atoms with E-state index in [1.165, 1.54) is 18.4 Å². The molecule has 30 heavy (non-hydrogen) atoms. The first-order valence-corrected chi connectivity index (χ1v) is 11.1. The van der Waals surface area contributed by atoms with Gasteiger partial charge in [0.05, 0.1) is 0 Å². The lowest BCUT2D eigenvalue weighted by Crippen LogP contribution is -2.45. The molecule has 1 unspecified atom stereocenters. The molecule has 2 aliphatic rings. The zero-order chi connectivity index (χ0) is 20.5. The summed E-state index contributed by atoms with van der Waals surface area (Å²) in [5.41, 5.74) is 1.35. The third kappa shape index (κ3) is 7.72. The lowest BCUT2D eigenvalue weighted by Gasteiger charge is -2.22. The van der Waals surface area contributed by atoms with Crippen LogP contribution < -0.4 is 10.6 Å².